The normalized spacial score (nSPS) is 14.7. The number of hydrogen-bond donors (Lipinski definition) is 3. The molecular formula is C17H29N3O3S. The third kappa shape index (κ3) is 5.89. The minimum atomic E-state index is -3.64. The van der Waals surface area contributed by atoms with E-state index in [1.54, 1.807) is 26.0 Å². The molecule has 0 fully saturated rings. The number of amides is 1. The van der Waals surface area contributed by atoms with Gasteiger partial charge in [-0.3, -0.25) is 4.79 Å². The molecule has 1 amide bonds. The van der Waals surface area contributed by atoms with Gasteiger partial charge in [-0.15, -0.1) is 0 Å². The molecule has 24 heavy (non-hydrogen) atoms. The Labute approximate surface area is 145 Å². The molecule has 0 bridgehead atoms. The van der Waals surface area contributed by atoms with Crippen molar-refractivity contribution in [3.63, 3.8) is 0 Å². The highest BCUT2D eigenvalue weighted by molar-refractivity contribution is 7.89. The summed E-state index contributed by atoms with van der Waals surface area (Å²) in [6, 6.07) is 5.78. The molecule has 0 aliphatic rings. The van der Waals surface area contributed by atoms with E-state index >= 15 is 0 Å². The topological polar surface area (TPSA) is 101 Å². The summed E-state index contributed by atoms with van der Waals surface area (Å²) in [6.45, 7) is 9.81. The Kier molecular flexibility index (Phi) is 6.95. The van der Waals surface area contributed by atoms with E-state index in [0.717, 1.165) is 6.42 Å². The fraction of sp³-hybridized carbons (Fsp3) is 0.588. The van der Waals surface area contributed by atoms with Gasteiger partial charge in [0.1, 0.15) is 0 Å². The van der Waals surface area contributed by atoms with Crippen molar-refractivity contribution in [1.82, 2.24) is 10.0 Å². The Morgan fingerprint density at radius 3 is 2.38 bits per heavy atom. The molecule has 1 atom stereocenters. The van der Waals surface area contributed by atoms with Gasteiger partial charge in [-0.1, -0.05) is 19.9 Å². The predicted molar refractivity (Wildman–Crippen MR) is 96.3 cm³/mol. The van der Waals surface area contributed by atoms with Crippen molar-refractivity contribution in [2.45, 2.75) is 57.5 Å². The molecule has 136 valence electrons. The van der Waals surface area contributed by atoms with Crippen molar-refractivity contribution in [3.8, 4) is 0 Å². The molecule has 7 heteroatoms. The molecule has 4 N–H and O–H groups in total. The van der Waals surface area contributed by atoms with Crippen molar-refractivity contribution >= 4 is 15.9 Å². The summed E-state index contributed by atoms with van der Waals surface area (Å²) in [5, 5.41) is 2.93. The smallest absolute Gasteiger partial charge is 0.251 e. The lowest BCUT2D eigenvalue weighted by Gasteiger charge is -2.31. The van der Waals surface area contributed by atoms with Crippen LogP contribution in [0.5, 0.6) is 0 Å². The standard InChI is InChI=1S/C17H29N3O3S/c1-12(2)10-17(5,11-18)19-16(21)14-7-6-8-15(9-14)24(22,23)20-13(3)4/h6-9,12-13,20H,10-11,18H2,1-5H3,(H,19,21). The zero-order valence-corrected chi connectivity index (χ0v) is 15.9. The number of sulfonamides is 1. The van der Waals surface area contributed by atoms with Crippen molar-refractivity contribution in [1.29, 1.82) is 0 Å². The molecule has 0 saturated heterocycles. The van der Waals surface area contributed by atoms with Crippen LogP contribution in [0.15, 0.2) is 29.2 Å². The lowest BCUT2D eigenvalue weighted by atomic mass is 9.90. The summed E-state index contributed by atoms with van der Waals surface area (Å²) in [4.78, 5) is 12.6. The van der Waals surface area contributed by atoms with Crippen LogP contribution in [0.3, 0.4) is 0 Å². The largest absolute Gasteiger partial charge is 0.346 e. The number of carbonyl (C=O) groups is 1. The molecule has 0 aromatic heterocycles. The molecule has 0 aliphatic heterocycles. The average Bonchev–Trinajstić information content (AvgIpc) is 2.45. The predicted octanol–water partition coefficient (Wildman–Crippen LogP) is 1.87. The molecule has 1 aromatic rings. The summed E-state index contributed by atoms with van der Waals surface area (Å²) in [5.41, 5.74) is 5.58. The second-order valence-electron chi connectivity index (χ2n) is 7.12. The lowest BCUT2D eigenvalue weighted by Crippen LogP contribution is -2.52. The fourth-order valence-electron chi connectivity index (χ4n) is 2.62. The summed E-state index contributed by atoms with van der Waals surface area (Å²) in [5.74, 6) is 0.0472. The number of hydrogen-bond acceptors (Lipinski definition) is 4. The lowest BCUT2D eigenvalue weighted by molar-refractivity contribution is 0.0898. The van der Waals surface area contributed by atoms with Crippen molar-refractivity contribution in [2.24, 2.45) is 11.7 Å². The van der Waals surface area contributed by atoms with E-state index in [1.807, 2.05) is 6.92 Å². The van der Waals surface area contributed by atoms with E-state index in [0.29, 0.717) is 18.0 Å². The maximum absolute atomic E-state index is 12.5. The number of carbonyl (C=O) groups excluding carboxylic acids is 1. The van der Waals surface area contributed by atoms with Crippen LogP contribution in [0, 0.1) is 5.92 Å². The van der Waals surface area contributed by atoms with Crippen LogP contribution >= 0.6 is 0 Å². The van der Waals surface area contributed by atoms with Gasteiger partial charge in [0.05, 0.1) is 4.90 Å². The highest BCUT2D eigenvalue weighted by Crippen LogP contribution is 2.17. The molecular weight excluding hydrogens is 326 g/mol. The van der Waals surface area contributed by atoms with E-state index in [1.165, 1.54) is 12.1 Å². The molecule has 1 aromatic carbocycles. The Morgan fingerprint density at radius 2 is 1.88 bits per heavy atom. The molecule has 6 nitrogen and oxygen atoms in total. The van der Waals surface area contributed by atoms with Crippen LogP contribution in [0.2, 0.25) is 0 Å². The van der Waals surface area contributed by atoms with Gasteiger partial charge in [0.15, 0.2) is 0 Å². The highest BCUT2D eigenvalue weighted by Gasteiger charge is 2.27. The summed E-state index contributed by atoms with van der Waals surface area (Å²) < 4.78 is 27.0. The molecule has 1 unspecified atom stereocenters. The van der Waals surface area contributed by atoms with E-state index in [9.17, 15) is 13.2 Å². The zero-order chi connectivity index (χ0) is 18.5. The van der Waals surface area contributed by atoms with Crippen LogP contribution in [-0.4, -0.2) is 32.5 Å². The van der Waals surface area contributed by atoms with E-state index in [-0.39, 0.29) is 16.8 Å². The quantitative estimate of drug-likeness (QED) is 0.662. The van der Waals surface area contributed by atoms with E-state index in [4.69, 9.17) is 5.73 Å². The van der Waals surface area contributed by atoms with Gasteiger partial charge < -0.3 is 11.1 Å². The number of rotatable bonds is 8. The Balaban J connectivity index is 3.03. The third-order valence-electron chi connectivity index (χ3n) is 3.52. The van der Waals surface area contributed by atoms with Gasteiger partial charge >= 0.3 is 0 Å². The Bertz CT molecular complexity index is 671. The number of nitrogens with one attached hydrogen (secondary N) is 2. The van der Waals surface area contributed by atoms with Gasteiger partial charge in [-0.05, 0) is 51.3 Å². The first-order valence-electron chi connectivity index (χ1n) is 8.14. The van der Waals surface area contributed by atoms with Crippen LogP contribution in [0.4, 0.5) is 0 Å². The minimum Gasteiger partial charge on any atom is -0.346 e. The maximum Gasteiger partial charge on any atom is 0.251 e. The first-order chi connectivity index (χ1) is 11.0. The van der Waals surface area contributed by atoms with E-state index < -0.39 is 15.6 Å². The average molecular weight is 356 g/mol. The van der Waals surface area contributed by atoms with Crippen LogP contribution in [0.25, 0.3) is 0 Å². The SMILES string of the molecule is CC(C)CC(C)(CN)NC(=O)c1cccc(S(=O)(=O)NC(C)C)c1. The molecule has 0 radical (unpaired) electrons. The van der Waals surface area contributed by atoms with Gasteiger partial charge in [0.25, 0.3) is 5.91 Å². The first kappa shape index (κ1) is 20.6. The second-order valence-corrected chi connectivity index (χ2v) is 8.83. The first-order valence-corrected chi connectivity index (χ1v) is 9.62. The molecule has 0 saturated carbocycles. The number of nitrogens with two attached hydrogens (primary N) is 1. The molecule has 0 aliphatic carbocycles. The van der Waals surface area contributed by atoms with Crippen molar-refractivity contribution in [2.75, 3.05) is 6.54 Å². The van der Waals surface area contributed by atoms with Crippen LogP contribution < -0.4 is 15.8 Å². The monoisotopic (exact) mass is 355 g/mol. The summed E-state index contributed by atoms with van der Waals surface area (Å²) in [6.07, 6.45) is 0.738. The van der Waals surface area contributed by atoms with E-state index in [2.05, 4.69) is 23.9 Å². The summed E-state index contributed by atoms with van der Waals surface area (Å²) in [7, 11) is -3.64. The molecule has 1 rings (SSSR count). The second kappa shape index (κ2) is 8.09. The zero-order valence-electron chi connectivity index (χ0n) is 15.1. The highest BCUT2D eigenvalue weighted by atomic mass is 32.2. The molecule has 0 spiro atoms. The molecule has 0 heterocycles. The van der Waals surface area contributed by atoms with Gasteiger partial charge in [-0.25, -0.2) is 13.1 Å². The Morgan fingerprint density at radius 1 is 1.25 bits per heavy atom. The number of benzene rings is 1. The fourth-order valence-corrected chi connectivity index (χ4v) is 3.91. The summed E-state index contributed by atoms with van der Waals surface area (Å²) >= 11 is 0. The van der Waals surface area contributed by atoms with Crippen molar-refractivity contribution < 1.29 is 13.2 Å². The van der Waals surface area contributed by atoms with Crippen LogP contribution in [-0.2, 0) is 10.0 Å². The Hall–Kier alpha value is -1.44. The van der Waals surface area contributed by atoms with Crippen molar-refractivity contribution in [3.05, 3.63) is 29.8 Å². The van der Waals surface area contributed by atoms with Gasteiger partial charge in [0.2, 0.25) is 10.0 Å². The van der Waals surface area contributed by atoms with Gasteiger partial charge in [-0.2, -0.15) is 0 Å². The maximum atomic E-state index is 12.5. The van der Waals surface area contributed by atoms with Crippen LogP contribution in [0.1, 0.15) is 51.4 Å². The minimum absolute atomic E-state index is 0.0714. The van der Waals surface area contributed by atoms with Gasteiger partial charge in [0, 0.05) is 23.7 Å². The third-order valence-corrected chi connectivity index (χ3v) is 5.18.